The van der Waals surface area contributed by atoms with E-state index in [2.05, 4.69) is 5.32 Å². The number of carbonyl (C=O) groups excluding carboxylic acids is 1. The molecule has 1 aliphatic carbocycles. The maximum absolute atomic E-state index is 11.7. The standard InChI is InChI=1S/C15H22N2O4/c1-14(2,3)21-13(19)17-10-4-5-11(12(18)8-10)15(6-7-15)9-20-16/h4-5,8,18H,6-7,9,16H2,1-3H3,(H,17,19). The number of hydrogen-bond donors (Lipinski definition) is 3. The molecule has 0 spiro atoms. The van der Waals surface area contributed by atoms with Gasteiger partial charge in [-0.05, 0) is 39.7 Å². The Morgan fingerprint density at radius 1 is 1.43 bits per heavy atom. The first kappa shape index (κ1) is 15.6. The normalized spacial score (nSPS) is 16.4. The van der Waals surface area contributed by atoms with Crippen molar-refractivity contribution >= 4 is 11.8 Å². The van der Waals surface area contributed by atoms with Gasteiger partial charge >= 0.3 is 6.09 Å². The van der Waals surface area contributed by atoms with Crippen molar-refractivity contribution in [3.05, 3.63) is 23.8 Å². The molecule has 0 unspecified atom stereocenters. The number of aromatic hydroxyl groups is 1. The molecule has 1 amide bonds. The number of rotatable bonds is 4. The molecular formula is C15H22N2O4. The average molecular weight is 294 g/mol. The van der Waals surface area contributed by atoms with Crippen LogP contribution in [0.1, 0.15) is 39.2 Å². The molecule has 4 N–H and O–H groups in total. The van der Waals surface area contributed by atoms with Crippen molar-refractivity contribution in [2.24, 2.45) is 5.90 Å². The molecular weight excluding hydrogens is 272 g/mol. The van der Waals surface area contributed by atoms with E-state index in [-0.39, 0.29) is 11.2 Å². The van der Waals surface area contributed by atoms with Crippen LogP contribution >= 0.6 is 0 Å². The number of phenolic OH excluding ortho intramolecular Hbond substituents is 1. The Bertz CT molecular complexity index is 533. The fraction of sp³-hybridized carbons (Fsp3) is 0.533. The van der Waals surface area contributed by atoms with Gasteiger partial charge in [0.15, 0.2) is 0 Å². The van der Waals surface area contributed by atoms with Crippen molar-refractivity contribution < 1.29 is 19.5 Å². The van der Waals surface area contributed by atoms with Gasteiger partial charge in [0.25, 0.3) is 0 Å². The zero-order valence-electron chi connectivity index (χ0n) is 12.6. The summed E-state index contributed by atoms with van der Waals surface area (Å²) in [6.45, 7) is 5.74. The molecule has 0 aromatic heterocycles. The summed E-state index contributed by atoms with van der Waals surface area (Å²) in [6.07, 6.45) is 1.30. The summed E-state index contributed by atoms with van der Waals surface area (Å²) in [7, 11) is 0. The Balaban J connectivity index is 2.08. The molecule has 0 aliphatic heterocycles. The molecule has 1 aliphatic rings. The summed E-state index contributed by atoms with van der Waals surface area (Å²) in [5, 5.41) is 12.7. The van der Waals surface area contributed by atoms with E-state index in [1.54, 1.807) is 32.9 Å². The second kappa shape index (κ2) is 5.54. The summed E-state index contributed by atoms with van der Waals surface area (Å²) < 4.78 is 5.16. The number of benzene rings is 1. The van der Waals surface area contributed by atoms with Crippen LogP contribution in [0, 0.1) is 0 Å². The summed E-state index contributed by atoms with van der Waals surface area (Å²) in [5.41, 5.74) is 0.518. The lowest BCUT2D eigenvalue weighted by Gasteiger charge is -2.20. The van der Waals surface area contributed by atoms with Crippen LogP contribution in [0.2, 0.25) is 0 Å². The van der Waals surface area contributed by atoms with Crippen LogP contribution in [0.5, 0.6) is 5.75 Å². The van der Waals surface area contributed by atoms with E-state index in [0.717, 1.165) is 18.4 Å². The third-order valence-corrected chi connectivity index (χ3v) is 3.43. The van der Waals surface area contributed by atoms with Crippen LogP contribution in [0.25, 0.3) is 0 Å². The van der Waals surface area contributed by atoms with Crippen LogP contribution in [-0.2, 0) is 15.0 Å². The lowest BCUT2D eigenvalue weighted by molar-refractivity contribution is 0.0636. The zero-order valence-corrected chi connectivity index (χ0v) is 12.6. The van der Waals surface area contributed by atoms with Gasteiger partial charge < -0.3 is 14.7 Å². The summed E-state index contributed by atoms with van der Waals surface area (Å²) in [6, 6.07) is 5.03. The molecule has 1 aromatic carbocycles. The molecule has 0 bridgehead atoms. The molecule has 0 heterocycles. The van der Waals surface area contributed by atoms with Crippen LogP contribution in [0.15, 0.2) is 18.2 Å². The Kier molecular flexibility index (Phi) is 4.11. The Morgan fingerprint density at radius 3 is 2.57 bits per heavy atom. The van der Waals surface area contributed by atoms with Gasteiger partial charge in [-0.3, -0.25) is 5.32 Å². The topological polar surface area (TPSA) is 93.8 Å². The minimum atomic E-state index is -0.567. The van der Waals surface area contributed by atoms with E-state index in [0.29, 0.717) is 12.3 Å². The highest BCUT2D eigenvalue weighted by atomic mass is 16.6. The summed E-state index contributed by atoms with van der Waals surface area (Å²) in [5.74, 6) is 5.26. The molecule has 2 rings (SSSR count). The first-order chi connectivity index (χ1) is 9.76. The highest BCUT2D eigenvalue weighted by Gasteiger charge is 2.46. The van der Waals surface area contributed by atoms with Crippen molar-refractivity contribution in [1.82, 2.24) is 0 Å². The second-order valence-corrected chi connectivity index (χ2v) is 6.45. The van der Waals surface area contributed by atoms with Gasteiger partial charge in [-0.1, -0.05) is 6.07 Å². The van der Waals surface area contributed by atoms with Gasteiger partial charge in [0.2, 0.25) is 0 Å². The predicted molar refractivity (Wildman–Crippen MR) is 79.0 cm³/mol. The summed E-state index contributed by atoms with van der Waals surface area (Å²) in [4.78, 5) is 16.4. The van der Waals surface area contributed by atoms with Crippen LogP contribution in [-0.4, -0.2) is 23.4 Å². The fourth-order valence-corrected chi connectivity index (χ4v) is 2.28. The van der Waals surface area contributed by atoms with Gasteiger partial charge in [-0.2, -0.15) is 0 Å². The van der Waals surface area contributed by atoms with E-state index in [4.69, 9.17) is 15.5 Å². The third-order valence-electron chi connectivity index (χ3n) is 3.43. The Labute approximate surface area is 124 Å². The number of nitrogens with one attached hydrogen (secondary N) is 1. The number of amides is 1. The molecule has 116 valence electrons. The lowest BCUT2D eigenvalue weighted by atomic mass is 9.95. The predicted octanol–water partition coefficient (Wildman–Crippen LogP) is 2.66. The van der Waals surface area contributed by atoms with E-state index in [1.165, 1.54) is 6.07 Å². The first-order valence-corrected chi connectivity index (χ1v) is 6.91. The number of nitrogens with two attached hydrogens (primary N) is 1. The number of ether oxygens (including phenoxy) is 1. The van der Waals surface area contributed by atoms with Crippen molar-refractivity contribution in [1.29, 1.82) is 0 Å². The van der Waals surface area contributed by atoms with Gasteiger partial charge in [0, 0.05) is 22.7 Å². The number of carbonyl (C=O) groups is 1. The van der Waals surface area contributed by atoms with Crippen molar-refractivity contribution in [2.45, 2.75) is 44.6 Å². The van der Waals surface area contributed by atoms with E-state index < -0.39 is 11.7 Å². The quantitative estimate of drug-likeness (QED) is 0.742. The molecule has 1 aromatic rings. The van der Waals surface area contributed by atoms with E-state index >= 15 is 0 Å². The van der Waals surface area contributed by atoms with Crippen LogP contribution in [0.3, 0.4) is 0 Å². The van der Waals surface area contributed by atoms with Crippen LogP contribution < -0.4 is 11.2 Å². The van der Waals surface area contributed by atoms with E-state index in [1.807, 2.05) is 0 Å². The van der Waals surface area contributed by atoms with Gasteiger partial charge in [-0.25, -0.2) is 10.7 Å². The Morgan fingerprint density at radius 2 is 2.10 bits per heavy atom. The summed E-state index contributed by atoms with van der Waals surface area (Å²) >= 11 is 0. The minimum Gasteiger partial charge on any atom is -0.508 e. The smallest absolute Gasteiger partial charge is 0.412 e. The molecule has 6 nitrogen and oxygen atoms in total. The largest absolute Gasteiger partial charge is 0.508 e. The Hall–Kier alpha value is -1.79. The molecule has 0 saturated heterocycles. The highest BCUT2D eigenvalue weighted by Crippen LogP contribution is 2.51. The zero-order chi connectivity index (χ0) is 15.7. The van der Waals surface area contributed by atoms with Gasteiger partial charge in [-0.15, -0.1) is 0 Å². The average Bonchev–Trinajstić information content (AvgIpc) is 3.07. The number of anilines is 1. The SMILES string of the molecule is CC(C)(C)OC(=O)Nc1ccc(C2(CON)CC2)c(O)c1. The maximum Gasteiger partial charge on any atom is 0.412 e. The third kappa shape index (κ3) is 3.86. The van der Waals surface area contributed by atoms with Crippen molar-refractivity contribution in [3.8, 4) is 5.75 Å². The second-order valence-electron chi connectivity index (χ2n) is 6.45. The highest BCUT2D eigenvalue weighted by molar-refractivity contribution is 5.85. The van der Waals surface area contributed by atoms with Gasteiger partial charge in [0.1, 0.15) is 11.4 Å². The molecule has 1 saturated carbocycles. The fourth-order valence-electron chi connectivity index (χ4n) is 2.28. The van der Waals surface area contributed by atoms with Crippen molar-refractivity contribution in [2.75, 3.05) is 11.9 Å². The molecule has 0 radical (unpaired) electrons. The molecule has 0 atom stereocenters. The van der Waals surface area contributed by atoms with Crippen molar-refractivity contribution in [3.63, 3.8) is 0 Å². The van der Waals surface area contributed by atoms with E-state index in [9.17, 15) is 9.90 Å². The molecule has 6 heteroatoms. The first-order valence-electron chi connectivity index (χ1n) is 6.91. The molecule has 1 fully saturated rings. The monoisotopic (exact) mass is 294 g/mol. The van der Waals surface area contributed by atoms with Gasteiger partial charge in [0.05, 0.1) is 6.61 Å². The number of phenols is 1. The minimum absolute atomic E-state index is 0.123. The number of hydrogen-bond acceptors (Lipinski definition) is 5. The molecule has 21 heavy (non-hydrogen) atoms. The lowest BCUT2D eigenvalue weighted by Crippen LogP contribution is -2.27. The van der Waals surface area contributed by atoms with Crippen LogP contribution in [0.4, 0.5) is 10.5 Å². The maximum atomic E-state index is 11.7.